The Balaban J connectivity index is 3.10. The normalized spacial score (nSPS) is 9.36. The number of methoxy groups -OCH3 is 1. The Hall–Kier alpha value is -1.25. The first kappa shape index (κ1) is 7.85. The number of hydrogen-bond donors (Lipinski definition) is 1. The Bertz CT molecular complexity index is 226. The van der Waals surface area contributed by atoms with E-state index in [0.29, 0.717) is 0 Å². The zero-order valence-corrected chi connectivity index (χ0v) is 7.01. The highest BCUT2D eigenvalue weighted by Gasteiger charge is 2.01. The molecular formula is C8H12N2O. The van der Waals surface area contributed by atoms with E-state index in [2.05, 4.69) is 10.3 Å². The van der Waals surface area contributed by atoms with Gasteiger partial charge in [0.05, 0.1) is 25.2 Å². The minimum atomic E-state index is 0.817. The molecule has 0 aliphatic carbocycles. The average Bonchev–Trinajstić information content (AvgIpc) is 2.05. The standard InChI is InChI=1S/C8H12N2O/c1-6-7(9-2)4-10-5-8(6)11-3/h4-5,9H,1-3H3. The molecule has 1 N–H and O–H groups in total. The van der Waals surface area contributed by atoms with E-state index in [1.807, 2.05) is 14.0 Å². The second kappa shape index (κ2) is 3.23. The van der Waals surface area contributed by atoms with Crippen LogP contribution in [0.1, 0.15) is 5.56 Å². The lowest BCUT2D eigenvalue weighted by Gasteiger charge is -2.07. The SMILES string of the molecule is CNc1cncc(OC)c1C. The van der Waals surface area contributed by atoms with Crippen LogP contribution < -0.4 is 10.1 Å². The summed E-state index contributed by atoms with van der Waals surface area (Å²) in [5, 5.41) is 3.03. The topological polar surface area (TPSA) is 34.2 Å². The van der Waals surface area contributed by atoms with E-state index in [9.17, 15) is 0 Å². The smallest absolute Gasteiger partial charge is 0.142 e. The molecule has 1 rings (SSSR count). The van der Waals surface area contributed by atoms with Gasteiger partial charge >= 0.3 is 0 Å². The monoisotopic (exact) mass is 152 g/mol. The fraction of sp³-hybridized carbons (Fsp3) is 0.375. The summed E-state index contributed by atoms with van der Waals surface area (Å²) in [4.78, 5) is 4.00. The van der Waals surface area contributed by atoms with E-state index < -0.39 is 0 Å². The molecule has 11 heavy (non-hydrogen) atoms. The van der Waals surface area contributed by atoms with Crippen molar-refractivity contribution >= 4 is 5.69 Å². The summed E-state index contributed by atoms with van der Waals surface area (Å²) in [5.74, 6) is 0.817. The molecule has 0 saturated carbocycles. The van der Waals surface area contributed by atoms with Gasteiger partial charge in [0.1, 0.15) is 5.75 Å². The van der Waals surface area contributed by atoms with Gasteiger partial charge in [0.15, 0.2) is 0 Å². The van der Waals surface area contributed by atoms with Crippen LogP contribution in [-0.2, 0) is 0 Å². The molecule has 1 aromatic rings. The number of ether oxygens (including phenoxy) is 1. The summed E-state index contributed by atoms with van der Waals surface area (Å²) in [6.07, 6.45) is 3.48. The van der Waals surface area contributed by atoms with Gasteiger partial charge in [-0.3, -0.25) is 4.98 Å². The zero-order valence-electron chi connectivity index (χ0n) is 7.01. The molecule has 0 aromatic carbocycles. The van der Waals surface area contributed by atoms with Crippen LogP contribution in [-0.4, -0.2) is 19.1 Å². The summed E-state index contributed by atoms with van der Waals surface area (Å²) in [5.41, 5.74) is 2.09. The van der Waals surface area contributed by atoms with Gasteiger partial charge in [-0.1, -0.05) is 0 Å². The number of pyridine rings is 1. The van der Waals surface area contributed by atoms with Crippen molar-refractivity contribution in [3.63, 3.8) is 0 Å². The maximum Gasteiger partial charge on any atom is 0.142 e. The van der Waals surface area contributed by atoms with Gasteiger partial charge in [-0.05, 0) is 6.92 Å². The van der Waals surface area contributed by atoms with Crippen LogP contribution in [0.4, 0.5) is 5.69 Å². The van der Waals surface area contributed by atoms with Crippen LogP contribution in [0.15, 0.2) is 12.4 Å². The molecule has 0 saturated heterocycles. The molecule has 1 aromatic heterocycles. The number of aromatic nitrogens is 1. The number of hydrogen-bond acceptors (Lipinski definition) is 3. The average molecular weight is 152 g/mol. The predicted molar refractivity (Wildman–Crippen MR) is 45.1 cm³/mol. The first-order chi connectivity index (χ1) is 5.29. The third-order valence-electron chi connectivity index (χ3n) is 1.66. The van der Waals surface area contributed by atoms with Gasteiger partial charge in [-0.25, -0.2) is 0 Å². The Morgan fingerprint density at radius 2 is 2.18 bits per heavy atom. The van der Waals surface area contributed by atoms with Crippen LogP contribution in [0.25, 0.3) is 0 Å². The summed E-state index contributed by atoms with van der Waals surface area (Å²) < 4.78 is 5.08. The van der Waals surface area contributed by atoms with Crippen LogP contribution in [0, 0.1) is 6.92 Å². The molecule has 0 bridgehead atoms. The third kappa shape index (κ3) is 1.42. The molecule has 0 fully saturated rings. The van der Waals surface area contributed by atoms with E-state index >= 15 is 0 Å². The Kier molecular flexibility index (Phi) is 2.31. The molecule has 1 heterocycles. The van der Waals surface area contributed by atoms with Gasteiger partial charge in [-0.2, -0.15) is 0 Å². The van der Waals surface area contributed by atoms with Gasteiger partial charge in [0.25, 0.3) is 0 Å². The summed E-state index contributed by atoms with van der Waals surface area (Å²) in [7, 11) is 3.51. The van der Waals surface area contributed by atoms with Crippen LogP contribution in [0.3, 0.4) is 0 Å². The molecular weight excluding hydrogens is 140 g/mol. The third-order valence-corrected chi connectivity index (χ3v) is 1.66. The lowest BCUT2D eigenvalue weighted by Crippen LogP contribution is -1.95. The highest BCUT2D eigenvalue weighted by atomic mass is 16.5. The molecule has 0 amide bonds. The largest absolute Gasteiger partial charge is 0.495 e. The van der Waals surface area contributed by atoms with Crippen molar-refractivity contribution in [3.05, 3.63) is 18.0 Å². The molecule has 0 unspecified atom stereocenters. The highest BCUT2D eigenvalue weighted by Crippen LogP contribution is 2.22. The predicted octanol–water partition coefficient (Wildman–Crippen LogP) is 1.44. The van der Waals surface area contributed by atoms with Crippen LogP contribution >= 0.6 is 0 Å². The van der Waals surface area contributed by atoms with E-state index in [1.165, 1.54) is 0 Å². The molecule has 0 atom stereocenters. The quantitative estimate of drug-likeness (QED) is 0.696. The Morgan fingerprint density at radius 1 is 1.45 bits per heavy atom. The first-order valence-electron chi connectivity index (χ1n) is 3.46. The summed E-state index contributed by atoms with van der Waals surface area (Å²) in [6.45, 7) is 1.99. The minimum Gasteiger partial charge on any atom is -0.495 e. The number of rotatable bonds is 2. The molecule has 0 aliphatic heterocycles. The van der Waals surface area contributed by atoms with E-state index in [-0.39, 0.29) is 0 Å². The van der Waals surface area contributed by atoms with E-state index in [1.54, 1.807) is 19.5 Å². The van der Waals surface area contributed by atoms with Crippen molar-refractivity contribution in [2.24, 2.45) is 0 Å². The summed E-state index contributed by atoms with van der Waals surface area (Å²) >= 11 is 0. The fourth-order valence-electron chi connectivity index (χ4n) is 0.964. The summed E-state index contributed by atoms with van der Waals surface area (Å²) in [6, 6.07) is 0. The van der Waals surface area contributed by atoms with E-state index in [0.717, 1.165) is 17.0 Å². The molecule has 0 radical (unpaired) electrons. The van der Waals surface area contributed by atoms with Crippen molar-refractivity contribution in [1.82, 2.24) is 4.98 Å². The van der Waals surface area contributed by atoms with Crippen molar-refractivity contribution in [2.75, 3.05) is 19.5 Å². The second-order valence-corrected chi connectivity index (χ2v) is 2.26. The Morgan fingerprint density at radius 3 is 2.73 bits per heavy atom. The van der Waals surface area contributed by atoms with Gasteiger partial charge < -0.3 is 10.1 Å². The molecule has 3 heteroatoms. The molecule has 0 aliphatic rings. The van der Waals surface area contributed by atoms with Crippen molar-refractivity contribution in [2.45, 2.75) is 6.92 Å². The van der Waals surface area contributed by atoms with Gasteiger partial charge in [0, 0.05) is 12.6 Å². The lowest BCUT2D eigenvalue weighted by atomic mass is 10.2. The maximum atomic E-state index is 5.08. The van der Waals surface area contributed by atoms with Crippen molar-refractivity contribution in [1.29, 1.82) is 0 Å². The highest BCUT2D eigenvalue weighted by molar-refractivity contribution is 5.53. The second-order valence-electron chi connectivity index (χ2n) is 2.26. The maximum absolute atomic E-state index is 5.08. The molecule has 60 valence electrons. The van der Waals surface area contributed by atoms with Crippen molar-refractivity contribution < 1.29 is 4.74 Å². The Labute approximate surface area is 66.4 Å². The van der Waals surface area contributed by atoms with Crippen molar-refractivity contribution in [3.8, 4) is 5.75 Å². The molecule has 3 nitrogen and oxygen atoms in total. The van der Waals surface area contributed by atoms with Crippen LogP contribution in [0.5, 0.6) is 5.75 Å². The minimum absolute atomic E-state index is 0.817. The van der Waals surface area contributed by atoms with Gasteiger partial charge in [-0.15, -0.1) is 0 Å². The lowest BCUT2D eigenvalue weighted by molar-refractivity contribution is 0.410. The fourth-order valence-corrected chi connectivity index (χ4v) is 0.964. The number of nitrogens with zero attached hydrogens (tertiary/aromatic N) is 1. The van der Waals surface area contributed by atoms with Crippen LogP contribution in [0.2, 0.25) is 0 Å². The number of anilines is 1. The number of nitrogens with one attached hydrogen (secondary N) is 1. The molecule has 0 spiro atoms. The zero-order chi connectivity index (χ0) is 8.27. The van der Waals surface area contributed by atoms with E-state index in [4.69, 9.17) is 4.74 Å². The first-order valence-corrected chi connectivity index (χ1v) is 3.46. The van der Waals surface area contributed by atoms with Gasteiger partial charge in [0.2, 0.25) is 0 Å².